The zero-order valence-corrected chi connectivity index (χ0v) is 15.3. The van der Waals surface area contributed by atoms with Gasteiger partial charge in [0.05, 0.1) is 18.4 Å². The third-order valence-electron chi connectivity index (χ3n) is 4.65. The molecule has 3 heterocycles. The molecule has 0 aliphatic carbocycles. The van der Waals surface area contributed by atoms with Crippen molar-refractivity contribution < 1.29 is 19.1 Å². The molecule has 1 aliphatic heterocycles. The van der Waals surface area contributed by atoms with Gasteiger partial charge in [-0.1, -0.05) is 30.3 Å². The third-order valence-corrected chi connectivity index (χ3v) is 5.71. The molecule has 7 heteroatoms. The van der Waals surface area contributed by atoms with Crippen molar-refractivity contribution in [1.29, 1.82) is 0 Å². The summed E-state index contributed by atoms with van der Waals surface area (Å²) in [5.41, 5.74) is 1.46. The van der Waals surface area contributed by atoms with Crippen molar-refractivity contribution in [2.75, 3.05) is 6.54 Å². The van der Waals surface area contributed by atoms with E-state index in [1.807, 2.05) is 36.4 Å². The second kappa shape index (κ2) is 7.36. The van der Waals surface area contributed by atoms with Crippen LogP contribution in [0.1, 0.15) is 28.9 Å². The number of carboxylic acid groups (broad SMARTS) is 1. The number of hydrogen-bond acceptors (Lipinski definition) is 5. The highest BCUT2D eigenvalue weighted by Crippen LogP contribution is 2.36. The maximum Gasteiger partial charge on any atom is 0.305 e. The quantitative estimate of drug-likeness (QED) is 0.717. The van der Waals surface area contributed by atoms with Crippen molar-refractivity contribution in [2.45, 2.75) is 25.3 Å². The lowest BCUT2D eigenvalue weighted by atomic mass is 10.1. The van der Waals surface area contributed by atoms with E-state index in [1.54, 1.807) is 17.2 Å². The van der Waals surface area contributed by atoms with Crippen molar-refractivity contribution >= 4 is 23.2 Å². The van der Waals surface area contributed by atoms with Gasteiger partial charge in [0, 0.05) is 18.2 Å². The number of nitrogens with zero attached hydrogens (tertiary/aromatic N) is 2. The molecule has 0 radical (unpaired) electrons. The number of carbonyl (C=O) groups excluding carboxylic acids is 1. The van der Waals surface area contributed by atoms with Crippen LogP contribution in [0.25, 0.3) is 22.0 Å². The molecule has 3 aromatic rings. The molecule has 1 unspecified atom stereocenters. The molecule has 2 aromatic heterocycles. The molecule has 1 fully saturated rings. The van der Waals surface area contributed by atoms with Gasteiger partial charge in [0.25, 0.3) is 5.91 Å². The molecule has 4 rings (SSSR count). The lowest BCUT2D eigenvalue weighted by Gasteiger charge is -2.23. The van der Waals surface area contributed by atoms with Crippen molar-refractivity contribution in [1.82, 2.24) is 9.88 Å². The number of thiazole rings is 1. The molecule has 6 nitrogen and oxygen atoms in total. The maximum absolute atomic E-state index is 13.3. The van der Waals surface area contributed by atoms with E-state index >= 15 is 0 Å². The summed E-state index contributed by atoms with van der Waals surface area (Å²) in [5, 5.41) is 9.78. The van der Waals surface area contributed by atoms with E-state index in [0.29, 0.717) is 34.3 Å². The highest BCUT2D eigenvalue weighted by molar-refractivity contribution is 7.17. The van der Waals surface area contributed by atoms with Gasteiger partial charge in [0.1, 0.15) is 4.88 Å². The summed E-state index contributed by atoms with van der Waals surface area (Å²) < 4.78 is 5.45. The van der Waals surface area contributed by atoms with Gasteiger partial charge in [-0.25, -0.2) is 4.98 Å². The highest BCUT2D eigenvalue weighted by atomic mass is 32.1. The van der Waals surface area contributed by atoms with Gasteiger partial charge in [-0.05, 0) is 25.0 Å². The van der Waals surface area contributed by atoms with Crippen LogP contribution in [-0.4, -0.2) is 39.5 Å². The summed E-state index contributed by atoms with van der Waals surface area (Å²) in [6, 6.07) is 12.9. The number of furan rings is 1. The monoisotopic (exact) mass is 382 g/mol. The van der Waals surface area contributed by atoms with Crippen LogP contribution in [0, 0.1) is 0 Å². The molecular formula is C20H18N2O4S. The van der Waals surface area contributed by atoms with Gasteiger partial charge in [-0.2, -0.15) is 0 Å². The molecule has 0 bridgehead atoms. The first kappa shape index (κ1) is 17.5. The second-order valence-electron chi connectivity index (χ2n) is 6.43. The van der Waals surface area contributed by atoms with E-state index in [0.717, 1.165) is 12.0 Å². The minimum atomic E-state index is -0.886. The zero-order chi connectivity index (χ0) is 18.8. The molecule has 27 heavy (non-hydrogen) atoms. The highest BCUT2D eigenvalue weighted by Gasteiger charge is 2.34. The number of aromatic nitrogens is 1. The Hall–Kier alpha value is -2.93. The Labute approximate surface area is 160 Å². The molecule has 1 amide bonds. The smallest absolute Gasteiger partial charge is 0.305 e. The van der Waals surface area contributed by atoms with Crippen LogP contribution in [0.5, 0.6) is 0 Å². The fraction of sp³-hybridized carbons (Fsp3) is 0.250. The number of benzene rings is 1. The van der Waals surface area contributed by atoms with Crippen LogP contribution in [0.2, 0.25) is 0 Å². The number of likely N-dealkylation sites (tertiary alicyclic amines) is 1. The first-order chi connectivity index (χ1) is 13.1. The minimum absolute atomic E-state index is 0.0315. The average molecular weight is 382 g/mol. The van der Waals surface area contributed by atoms with Crippen LogP contribution >= 0.6 is 11.3 Å². The second-order valence-corrected chi connectivity index (χ2v) is 7.43. The fourth-order valence-corrected chi connectivity index (χ4v) is 4.42. The predicted molar refractivity (Wildman–Crippen MR) is 102 cm³/mol. The molecule has 0 saturated carbocycles. The molecule has 1 atom stereocenters. The summed E-state index contributed by atoms with van der Waals surface area (Å²) in [7, 11) is 0. The average Bonchev–Trinajstić information content (AvgIpc) is 3.41. The number of hydrogen-bond donors (Lipinski definition) is 1. The Balaban J connectivity index is 1.74. The van der Waals surface area contributed by atoms with E-state index in [9.17, 15) is 9.59 Å². The SMILES string of the molecule is O=C(O)CC1CCCN1C(=O)c1sc(-c2ccco2)nc1-c1ccccc1. The lowest BCUT2D eigenvalue weighted by Crippen LogP contribution is -2.36. The fourth-order valence-electron chi connectivity index (χ4n) is 3.41. The Kier molecular flexibility index (Phi) is 4.77. The maximum atomic E-state index is 13.3. The predicted octanol–water partition coefficient (Wildman–Crippen LogP) is 4.15. The van der Waals surface area contributed by atoms with E-state index in [2.05, 4.69) is 4.98 Å². The van der Waals surface area contributed by atoms with Gasteiger partial charge in [-0.15, -0.1) is 11.3 Å². The first-order valence-corrected chi connectivity index (χ1v) is 9.58. The van der Waals surface area contributed by atoms with E-state index in [4.69, 9.17) is 9.52 Å². The van der Waals surface area contributed by atoms with Gasteiger partial charge in [0.15, 0.2) is 10.8 Å². The number of rotatable bonds is 5. The molecular weight excluding hydrogens is 364 g/mol. The Bertz CT molecular complexity index is 950. The molecule has 138 valence electrons. The summed E-state index contributed by atoms with van der Waals surface area (Å²) in [6.45, 7) is 0.568. The van der Waals surface area contributed by atoms with Gasteiger partial charge >= 0.3 is 5.97 Å². The van der Waals surface area contributed by atoms with E-state index in [-0.39, 0.29) is 18.4 Å². The molecule has 1 aromatic carbocycles. The van der Waals surface area contributed by atoms with Crippen molar-refractivity contribution in [2.24, 2.45) is 0 Å². The lowest BCUT2D eigenvalue weighted by molar-refractivity contribution is -0.137. The normalized spacial score (nSPS) is 16.6. The number of carboxylic acids is 1. The van der Waals surface area contributed by atoms with Crippen LogP contribution in [0.15, 0.2) is 53.1 Å². The molecule has 1 N–H and O–H groups in total. The van der Waals surface area contributed by atoms with E-state index < -0.39 is 5.97 Å². The van der Waals surface area contributed by atoms with Gasteiger partial charge in [-0.3, -0.25) is 9.59 Å². The summed E-state index contributed by atoms with van der Waals surface area (Å²) in [4.78, 5) is 31.3. The van der Waals surface area contributed by atoms with Gasteiger partial charge < -0.3 is 14.4 Å². The number of amides is 1. The van der Waals surface area contributed by atoms with Crippen molar-refractivity contribution in [3.63, 3.8) is 0 Å². The minimum Gasteiger partial charge on any atom is -0.481 e. The summed E-state index contributed by atoms with van der Waals surface area (Å²) in [6.07, 6.45) is 3.07. The molecule has 1 saturated heterocycles. The standard InChI is InChI=1S/C20H18N2O4S/c23-16(24)12-14-8-4-10-22(14)20(25)18-17(13-6-2-1-3-7-13)21-19(27-18)15-9-5-11-26-15/h1-3,5-7,9,11,14H,4,8,10,12H2,(H,23,24). The topological polar surface area (TPSA) is 83.6 Å². The van der Waals surface area contributed by atoms with Gasteiger partial charge in [0.2, 0.25) is 0 Å². The summed E-state index contributed by atoms with van der Waals surface area (Å²) >= 11 is 1.28. The van der Waals surface area contributed by atoms with Crippen molar-refractivity contribution in [3.8, 4) is 22.0 Å². The van der Waals surface area contributed by atoms with Crippen molar-refractivity contribution in [3.05, 3.63) is 53.6 Å². The Morgan fingerprint density at radius 1 is 1.22 bits per heavy atom. The third kappa shape index (κ3) is 3.50. The Morgan fingerprint density at radius 3 is 2.74 bits per heavy atom. The molecule has 1 aliphatic rings. The van der Waals surface area contributed by atoms with E-state index in [1.165, 1.54) is 11.3 Å². The van der Waals surface area contributed by atoms with Crippen LogP contribution in [0.3, 0.4) is 0 Å². The van der Waals surface area contributed by atoms with Crippen LogP contribution in [0.4, 0.5) is 0 Å². The number of aliphatic carboxylic acids is 1. The Morgan fingerprint density at radius 2 is 2.04 bits per heavy atom. The van der Waals surface area contributed by atoms with Crippen LogP contribution < -0.4 is 0 Å². The van der Waals surface area contributed by atoms with Crippen LogP contribution in [-0.2, 0) is 4.79 Å². The first-order valence-electron chi connectivity index (χ1n) is 8.76. The zero-order valence-electron chi connectivity index (χ0n) is 14.5. The number of carbonyl (C=O) groups is 2. The largest absolute Gasteiger partial charge is 0.481 e. The summed E-state index contributed by atoms with van der Waals surface area (Å²) in [5.74, 6) is -0.434. The molecule has 0 spiro atoms.